The van der Waals surface area contributed by atoms with Crippen LogP contribution in [0.3, 0.4) is 0 Å². The zero-order valence-electron chi connectivity index (χ0n) is 12.6. The number of aryl methyl sites for hydroxylation is 2. The van der Waals surface area contributed by atoms with Crippen LogP contribution in [0, 0.1) is 5.92 Å². The van der Waals surface area contributed by atoms with Crippen molar-refractivity contribution in [1.82, 2.24) is 5.32 Å². The molecule has 2 rings (SSSR count). The molecule has 2 N–H and O–H groups in total. The number of aliphatic hydroxyl groups is 1. The normalized spacial score (nSPS) is 17.8. The van der Waals surface area contributed by atoms with Gasteiger partial charge in [0.05, 0.1) is 6.10 Å². The van der Waals surface area contributed by atoms with Gasteiger partial charge in [-0.15, -0.1) is 0 Å². The Kier molecular flexibility index (Phi) is 4.64. The minimum absolute atomic E-state index is 0.111. The van der Waals surface area contributed by atoms with Crippen LogP contribution in [0.4, 0.5) is 0 Å². The topological polar surface area (TPSA) is 32.3 Å². The van der Waals surface area contributed by atoms with Gasteiger partial charge in [0.2, 0.25) is 0 Å². The molecule has 2 heteroatoms. The van der Waals surface area contributed by atoms with E-state index in [1.807, 2.05) is 0 Å². The molecule has 1 aliphatic rings. The van der Waals surface area contributed by atoms with E-state index in [1.54, 1.807) is 0 Å². The van der Waals surface area contributed by atoms with E-state index in [4.69, 9.17) is 0 Å². The number of hydrogen-bond donors (Lipinski definition) is 2. The summed E-state index contributed by atoms with van der Waals surface area (Å²) in [4.78, 5) is 0. The van der Waals surface area contributed by atoms with Crippen LogP contribution in [0.1, 0.15) is 56.9 Å². The summed E-state index contributed by atoms with van der Waals surface area (Å²) in [5.74, 6) is 0.408. The van der Waals surface area contributed by atoms with Gasteiger partial charge in [0.15, 0.2) is 0 Å². The summed E-state index contributed by atoms with van der Waals surface area (Å²) in [5.41, 5.74) is 3.96. The van der Waals surface area contributed by atoms with Crippen molar-refractivity contribution in [2.75, 3.05) is 0 Å². The SMILES string of the molecule is CC(C)NC(C(C)C)C(O)c1ccc2c(c1)CCC2. The summed E-state index contributed by atoms with van der Waals surface area (Å²) in [7, 11) is 0. The van der Waals surface area contributed by atoms with Gasteiger partial charge in [-0.25, -0.2) is 0 Å². The average Bonchev–Trinajstić information content (AvgIpc) is 2.81. The van der Waals surface area contributed by atoms with Crippen LogP contribution in [-0.4, -0.2) is 17.2 Å². The Morgan fingerprint density at radius 1 is 1.05 bits per heavy atom. The van der Waals surface area contributed by atoms with Crippen molar-refractivity contribution < 1.29 is 5.11 Å². The second-order valence-electron chi connectivity index (χ2n) is 6.42. The Morgan fingerprint density at radius 2 is 1.74 bits per heavy atom. The van der Waals surface area contributed by atoms with Gasteiger partial charge in [-0.05, 0) is 41.9 Å². The largest absolute Gasteiger partial charge is 0.387 e. The highest BCUT2D eigenvalue weighted by atomic mass is 16.3. The molecule has 0 spiro atoms. The Balaban J connectivity index is 2.19. The predicted molar refractivity (Wildman–Crippen MR) is 80.3 cm³/mol. The molecule has 106 valence electrons. The number of nitrogens with one attached hydrogen (secondary N) is 1. The van der Waals surface area contributed by atoms with Gasteiger partial charge in [0.25, 0.3) is 0 Å². The molecule has 0 aromatic heterocycles. The van der Waals surface area contributed by atoms with E-state index in [-0.39, 0.29) is 6.04 Å². The quantitative estimate of drug-likeness (QED) is 0.853. The zero-order chi connectivity index (χ0) is 14.0. The maximum atomic E-state index is 10.7. The highest BCUT2D eigenvalue weighted by Gasteiger charge is 2.25. The van der Waals surface area contributed by atoms with Crippen molar-refractivity contribution in [3.8, 4) is 0 Å². The summed E-state index contributed by atoms with van der Waals surface area (Å²) in [5, 5.41) is 14.2. The molecule has 0 fully saturated rings. The van der Waals surface area contributed by atoms with E-state index < -0.39 is 6.10 Å². The molecule has 0 saturated carbocycles. The fourth-order valence-electron chi connectivity index (χ4n) is 3.02. The molecule has 0 heterocycles. The van der Waals surface area contributed by atoms with E-state index in [0.29, 0.717) is 12.0 Å². The van der Waals surface area contributed by atoms with Crippen LogP contribution < -0.4 is 5.32 Å². The lowest BCUT2D eigenvalue weighted by Crippen LogP contribution is -2.43. The van der Waals surface area contributed by atoms with Crippen LogP contribution in [0.5, 0.6) is 0 Å². The molecule has 1 aromatic carbocycles. The molecule has 0 amide bonds. The van der Waals surface area contributed by atoms with Gasteiger partial charge in [0.1, 0.15) is 0 Å². The molecule has 0 saturated heterocycles. The van der Waals surface area contributed by atoms with Crippen molar-refractivity contribution in [1.29, 1.82) is 0 Å². The molecule has 1 aliphatic carbocycles. The van der Waals surface area contributed by atoms with Crippen molar-refractivity contribution in [3.05, 3.63) is 34.9 Å². The average molecular weight is 261 g/mol. The Labute approximate surface area is 117 Å². The smallest absolute Gasteiger partial charge is 0.0945 e. The third-order valence-electron chi connectivity index (χ3n) is 4.05. The maximum absolute atomic E-state index is 10.7. The first kappa shape index (κ1) is 14.5. The standard InChI is InChI=1S/C17H27NO/c1-11(2)16(18-12(3)4)17(19)15-9-8-13-6-5-7-14(13)10-15/h8-12,16-19H,5-7H2,1-4H3. The minimum atomic E-state index is -0.423. The van der Waals surface area contributed by atoms with Crippen LogP contribution >= 0.6 is 0 Å². The zero-order valence-corrected chi connectivity index (χ0v) is 12.6. The molecular weight excluding hydrogens is 234 g/mol. The molecule has 0 aliphatic heterocycles. The second kappa shape index (κ2) is 6.06. The Morgan fingerprint density at radius 3 is 2.37 bits per heavy atom. The summed E-state index contributed by atoms with van der Waals surface area (Å²) < 4.78 is 0. The highest BCUT2D eigenvalue weighted by Crippen LogP contribution is 2.28. The van der Waals surface area contributed by atoms with Crippen molar-refractivity contribution in [2.45, 2.75) is 65.1 Å². The van der Waals surface area contributed by atoms with Gasteiger partial charge >= 0.3 is 0 Å². The third kappa shape index (κ3) is 3.37. The van der Waals surface area contributed by atoms with Crippen LogP contribution in [0.15, 0.2) is 18.2 Å². The van der Waals surface area contributed by atoms with E-state index in [0.717, 1.165) is 5.56 Å². The van der Waals surface area contributed by atoms with Gasteiger partial charge in [-0.2, -0.15) is 0 Å². The van der Waals surface area contributed by atoms with Gasteiger partial charge < -0.3 is 10.4 Å². The molecule has 2 nitrogen and oxygen atoms in total. The first-order chi connectivity index (χ1) is 8.99. The van der Waals surface area contributed by atoms with E-state index in [9.17, 15) is 5.11 Å². The molecule has 19 heavy (non-hydrogen) atoms. The molecule has 1 aromatic rings. The monoisotopic (exact) mass is 261 g/mol. The lowest BCUT2D eigenvalue weighted by Gasteiger charge is -2.30. The fraction of sp³-hybridized carbons (Fsp3) is 0.647. The minimum Gasteiger partial charge on any atom is -0.387 e. The molecule has 2 atom stereocenters. The number of hydrogen-bond acceptors (Lipinski definition) is 2. The molecular formula is C17H27NO. The van der Waals surface area contributed by atoms with E-state index in [1.165, 1.54) is 30.4 Å². The summed E-state index contributed by atoms with van der Waals surface area (Å²) in [6, 6.07) is 7.01. The van der Waals surface area contributed by atoms with Crippen LogP contribution in [0.25, 0.3) is 0 Å². The number of benzene rings is 1. The van der Waals surface area contributed by atoms with Crippen molar-refractivity contribution >= 4 is 0 Å². The lowest BCUT2D eigenvalue weighted by atomic mass is 9.91. The summed E-state index contributed by atoms with van der Waals surface area (Å²) in [6.45, 7) is 8.59. The maximum Gasteiger partial charge on any atom is 0.0945 e. The fourth-order valence-corrected chi connectivity index (χ4v) is 3.02. The first-order valence-electron chi connectivity index (χ1n) is 7.55. The third-order valence-corrected chi connectivity index (χ3v) is 4.05. The highest BCUT2D eigenvalue weighted by molar-refractivity contribution is 5.36. The van der Waals surface area contributed by atoms with Crippen molar-refractivity contribution in [3.63, 3.8) is 0 Å². The summed E-state index contributed by atoms with van der Waals surface area (Å²) >= 11 is 0. The van der Waals surface area contributed by atoms with E-state index >= 15 is 0 Å². The van der Waals surface area contributed by atoms with Crippen LogP contribution in [-0.2, 0) is 12.8 Å². The Hall–Kier alpha value is -0.860. The van der Waals surface area contributed by atoms with Crippen molar-refractivity contribution in [2.24, 2.45) is 5.92 Å². The lowest BCUT2D eigenvalue weighted by molar-refractivity contribution is 0.100. The predicted octanol–water partition coefficient (Wildman–Crippen LogP) is 3.23. The Bertz CT molecular complexity index is 425. The number of fused-ring (bicyclic) bond motifs is 1. The van der Waals surface area contributed by atoms with Gasteiger partial charge in [-0.1, -0.05) is 45.9 Å². The second-order valence-corrected chi connectivity index (χ2v) is 6.42. The number of rotatable bonds is 5. The van der Waals surface area contributed by atoms with Gasteiger partial charge in [-0.3, -0.25) is 0 Å². The summed E-state index contributed by atoms with van der Waals surface area (Å²) in [6.07, 6.45) is 3.20. The van der Waals surface area contributed by atoms with E-state index in [2.05, 4.69) is 51.2 Å². The molecule has 2 unspecified atom stereocenters. The van der Waals surface area contributed by atoms with Gasteiger partial charge in [0, 0.05) is 12.1 Å². The number of aliphatic hydroxyl groups excluding tert-OH is 1. The van der Waals surface area contributed by atoms with Crippen LogP contribution in [0.2, 0.25) is 0 Å². The first-order valence-corrected chi connectivity index (χ1v) is 7.55. The molecule has 0 radical (unpaired) electrons. The molecule has 0 bridgehead atoms.